The molecule has 0 spiro atoms. The minimum absolute atomic E-state index is 0.0121. The fourth-order valence-corrected chi connectivity index (χ4v) is 6.69. The van der Waals surface area contributed by atoms with E-state index in [-0.39, 0.29) is 25.5 Å². The summed E-state index contributed by atoms with van der Waals surface area (Å²) in [5, 5.41) is 0. The van der Waals surface area contributed by atoms with Gasteiger partial charge in [0.1, 0.15) is 17.1 Å². The number of halogens is 38. The van der Waals surface area contributed by atoms with Gasteiger partial charge in [0.15, 0.2) is 13.1 Å². The number of quaternary nitrogens is 3. The molecule has 492 valence electrons. The standard InChI is InChI=1S/C16H11F17N.C14H13F11N.C14H14F10N/c1-34(2,8-6-4-3-5-7-8)16(32,33)14(27,28)12(23,24)10(19,20)9(17,18)11(21,22)13(25,26)15(29,30)31;1-26(2,9-6-4-3-5-7-9)8-10(15,16)11(17,18)12(19,20)13(21,22)14(23,24)25;1-25(2,9-6-4-3-5-7-9)8-11(17,18)13(21,22)14(23,24)12(19,20)10(15)16/h3-7H,1-2H3;3-7H,8H2,1-2H3;3-7,10H,8H2,1-2H3/q3*+1. The Morgan fingerprint density at radius 3 is 0.729 bits per heavy atom. The van der Waals surface area contributed by atoms with Gasteiger partial charge in [-0.2, -0.15) is 149 Å². The van der Waals surface area contributed by atoms with Crippen LogP contribution in [0, 0.1) is 0 Å². The van der Waals surface area contributed by atoms with E-state index in [0.717, 1.165) is 58.5 Å². The van der Waals surface area contributed by atoms with Gasteiger partial charge >= 0.3 is 108 Å². The maximum atomic E-state index is 14.4. The molecule has 3 aromatic carbocycles. The summed E-state index contributed by atoms with van der Waals surface area (Å²) in [5.41, 5.74) is -1.15. The maximum Gasteiger partial charge on any atom is 0.466 e. The van der Waals surface area contributed by atoms with Crippen molar-refractivity contribution >= 4 is 17.1 Å². The minimum Gasteiger partial charge on any atom is -0.291 e. The zero-order valence-corrected chi connectivity index (χ0v) is 42.4. The first-order valence-corrected chi connectivity index (χ1v) is 21.7. The van der Waals surface area contributed by atoms with Gasteiger partial charge in [0, 0.05) is 0 Å². The molecule has 0 saturated heterocycles. The van der Waals surface area contributed by atoms with Crippen molar-refractivity contribution in [2.45, 2.75) is 108 Å². The van der Waals surface area contributed by atoms with E-state index in [4.69, 9.17) is 0 Å². The lowest BCUT2D eigenvalue weighted by molar-refractivity contribution is -0.466. The summed E-state index contributed by atoms with van der Waals surface area (Å²) in [5.74, 6) is -104. The van der Waals surface area contributed by atoms with Crippen molar-refractivity contribution in [3.05, 3.63) is 91.0 Å². The van der Waals surface area contributed by atoms with Gasteiger partial charge in [-0.1, -0.05) is 54.6 Å². The summed E-state index contributed by atoms with van der Waals surface area (Å²) >= 11 is 0. The number of para-hydroxylation sites is 3. The first kappa shape index (κ1) is 77.9. The van der Waals surface area contributed by atoms with Crippen molar-refractivity contribution in [3.63, 3.8) is 0 Å². The van der Waals surface area contributed by atoms with Crippen LogP contribution in [0.4, 0.5) is 184 Å². The van der Waals surface area contributed by atoms with Crippen LogP contribution >= 0.6 is 0 Å². The molecule has 0 atom stereocenters. The molecule has 0 saturated carbocycles. The van der Waals surface area contributed by atoms with Crippen molar-refractivity contribution in [1.82, 2.24) is 13.4 Å². The molecule has 0 unspecified atom stereocenters. The van der Waals surface area contributed by atoms with Gasteiger partial charge < -0.3 is 0 Å². The molecule has 0 heterocycles. The van der Waals surface area contributed by atoms with Crippen LogP contribution in [0.2, 0.25) is 0 Å². The van der Waals surface area contributed by atoms with Crippen LogP contribution in [-0.2, 0) is 0 Å². The van der Waals surface area contributed by atoms with E-state index in [1.165, 1.54) is 48.5 Å². The van der Waals surface area contributed by atoms with Crippen LogP contribution in [-0.4, -0.2) is 163 Å². The second-order valence-electron chi connectivity index (χ2n) is 19.3. The number of hydrogen-bond acceptors (Lipinski definition) is 0. The molecule has 0 N–H and O–H groups in total. The predicted molar refractivity (Wildman–Crippen MR) is 222 cm³/mol. The van der Waals surface area contributed by atoms with Crippen molar-refractivity contribution in [2.24, 2.45) is 0 Å². The highest BCUT2D eigenvalue weighted by molar-refractivity contribution is 5.44. The van der Waals surface area contributed by atoms with Crippen LogP contribution in [0.5, 0.6) is 0 Å². The molecule has 0 aliphatic heterocycles. The highest BCUT2D eigenvalue weighted by Gasteiger charge is 2.97. The van der Waals surface area contributed by atoms with E-state index in [1.54, 1.807) is 0 Å². The van der Waals surface area contributed by atoms with Crippen molar-refractivity contribution < 1.29 is 167 Å². The molecule has 0 amide bonds. The number of hydrogen-bond donors (Lipinski definition) is 0. The highest BCUT2D eigenvalue weighted by Crippen LogP contribution is 2.65. The third-order valence-electron chi connectivity index (χ3n) is 12.1. The fraction of sp³-hybridized carbons (Fsp3) is 0.591. The molecule has 0 fully saturated rings. The summed E-state index contributed by atoms with van der Waals surface area (Å²) in [6.07, 6.45) is -20.2. The van der Waals surface area contributed by atoms with Crippen molar-refractivity contribution in [3.8, 4) is 0 Å². The summed E-state index contributed by atoms with van der Waals surface area (Å²) in [7, 11) is 3.59. The zero-order valence-electron chi connectivity index (χ0n) is 42.4. The summed E-state index contributed by atoms with van der Waals surface area (Å²) in [6.45, 7) is -4.19. The third kappa shape index (κ3) is 12.9. The van der Waals surface area contributed by atoms with E-state index < -0.39 is 140 Å². The first-order chi connectivity index (χ1) is 36.9. The zero-order chi connectivity index (χ0) is 68.3. The molecule has 0 aliphatic rings. The molecule has 0 bridgehead atoms. The molecule has 3 nitrogen and oxygen atoms in total. The van der Waals surface area contributed by atoms with E-state index in [9.17, 15) is 167 Å². The average molecular weight is 1330 g/mol. The van der Waals surface area contributed by atoms with Gasteiger partial charge in [-0.25, -0.2) is 13.3 Å². The minimum atomic E-state index is -8.63. The molecule has 0 aromatic heterocycles. The van der Waals surface area contributed by atoms with Crippen molar-refractivity contribution in [2.75, 3.05) is 55.4 Å². The second-order valence-corrected chi connectivity index (χ2v) is 19.3. The van der Waals surface area contributed by atoms with Crippen molar-refractivity contribution in [1.29, 1.82) is 0 Å². The normalized spacial score (nSPS) is 15.5. The SMILES string of the molecule is C[N+](C)(CC(F)(F)C(F)(F)C(F)(F)C(F)(F)C(F)(F)F)c1ccccc1.C[N+](C)(CC(F)(F)C(F)(F)C(F)(F)C(F)(F)C(F)F)c1ccccc1.C[N+](C)(c1ccccc1)C(F)(F)C(F)(F)C(F)(F)C(F)(F)C(F)(F)C(F)(F)C(F)(F)C(F)(F)F. The summed E-state index contributed by atoms with van der Waals surface area (Å²) in [4.78, 5) is 0. The van der Waals surface area contributed by atoms with Gasteiger partial charge in [-0.15, -0.1) is 8.78 Å². The van der Waals surface area contributed by atoms with Crippen LogP contribution in [0.1, 0.15) is 0 Å². The quantitative estimate of drug-likeness (QED) is 0.0566. The van der Waals surface area contributed by atoms with Gasteiger partial charge in [0.2, 0.25) is 0 Å². The van der Waals surface area contributed by atoms with E-state index in [1.807, 2.05) is 0 Å². The Balaban J connectivity index is 0.000000648. The molecule has 41 heteroatoms. The number of nitrogens with zero attached hydrogens (tertiary/aromatic N) is 3. The topological polar surface area (TPSA) is 0 Å². The van der Waals surface area contributed by atoms with E-state index >= 15 is 0 Å². The van der Waals surface area contributed by atoms with Crippen LogP contribution < -0.4 is 13.4 Å². The maximum absolute atomic E-state index is 14.4. The Morgan fingerprint density at radius 1 is 0.271 bits per heavy atom. The Morgan fingerprint density at radius 2 is 0.482 bits per heavy atom. The monoisotopic (exact) mass is 1330 g/mol. The largest absolute Gasteiger partial charge is 0.466 e. The van der Waals surface area contributed by atoms with Crippen LogP contribution in [0.3, 0.4) is 0 Å². The second kappa shape index (κ2) is 23.1. The smallest absolute Gasteiger partial charge is 0.291 e. The molecular formula is C44H38F38N3+3. The Labute approximate surface area is 451 Å². The molecule has 85 heavy (non-hydrogen) atoms. The lowest BCUT2D eigenvalue weighted by atomic mass is 9.89. The molecule has 3 aromatic rings. The van der Waals surface area contributed by atoms with Gasteiger partial charge in [-0.05, 0) is 36.4 Å². The van der Waals surface area contributed by atoms with Crippen LogP contribution in [0.25, 0.3) is 0 Å². The fourth-order valence-electron chi connectivity index (χ4n) is 6.69. The lowest BCUT2D eigenvalue weighted by Crippen LogP contribution is -2.77. The van der Waals surface area contributed by atoms with Gasteiger partial charge in [0.05, 0.1) is 42.3 Å². The lowest BCUT2D eigenvalue weighted by Gasteiger charge is -2.45. The summed E-state index contributed by atoms with van der Waals surface area (Å²) < 4.78 is 496. The Hall–Kier alpha value is -5.12. The molecule has 0 aliphatic carbocycles. The first-order valence-electron chi connectivity index (χ1n) is 21.7. The third-order valence-corrected chi connectivity index (χ3v) is 12.1. The highest BCUT2D eigenvalue weighted by atomic mass is 19.4. The molecular weight excluding hydrogens is 1290 g/mol. The van der Waals surface area contributed by atoms with Gasteiger partial charge in [-0.3, -0.25) is 8.97 Å². The predicted octanol–water partition coefficient (Wildman–Crippen LogP) is 17.6. The van der Waals surface area contributed by atoms with Gasteiger partial charge in [0.25, 0.3) is 0 Å². The average Bonchev–Trinajstić information content (AvgIpc) is 3.33. The van der Waals surface area contributed by atoms with E-state index in [2.05, 4.69) is 0 Å². The number of alkyl halides is 38. The Bertz CT molecular complexity index is 2640. The number of benzene rings is 3. The molecule has 3 rings (SSSR count). The van der Waals surface area contributed by atoms with Crippen LogP contribution in [0.15, 0.2) is 91.0 Å². The summed E-state index contributed by atoms with van der Waals surface area (Å²) in [6, 6.07) is 10.3. The Kier molecular flexibility index (Phi) is 21.2. The van der Waals surface area contributed by atoms with E-state index in [0.29, 0.717) is 12.1 Å². The number of rotatable bonds is 21. The molecule has 0 radical (unpaired) electrons.